The van der Waals surface area contributed by atoms with E-state index in [0.717, 1.165) is 42.3 Å². The Morgan fingerprint density at radius 2 is 1.84 bits per heavy atom. The zero-order valence-electron chi connectivity index (χ0n) is 19.9. The SMILES string of the molecule is CCNC(=NCc1ccccc1OCC(C)C)NCCc1cccc(C(=O)N(C)C)c1.I. The largest absolute Gasteiger partial charge is 0.493 e. The van der Waals surface area contributed by atoms with Crippen molar-refractivity contribution in [1.82, 2.24) is 15.5 Å². The van der Waals surface area contributed by atoms with Gasteiger partial charge in [0.25, 0.3) is 5.91 Å². The van der Waals surface area contributed by atoms with Gasteiger partial charge < -0.3 is 20.3 Å². The highest BCUT2D eigenvalue weighted by Crippen LogP contribution is 2.19. The second-order valence-electron chi connectivity index (χ2n) is 8.08. The van der Waals surface area contributed by atoms with Crippen molar-refractivity contribution in [2.45, 2.75) is 33.7 Å². The average molecular weight is 553 g/mol. The topological polar surface area (TPSA) is 66.0 Å². The molecule has 1 amide bonds. The molecule has 2 rings (SSSR count). The van der Waals surface area contributed by atoms with Crippen LogP contribution in [-0.4, -0.2) is 50.6 Å². The molecule has 7 heteroatoms. The maximum absolute atomic E-state index is 12.2. The molecule has 0 unspecified atom stereocenters. The summed E-state index contributed by atoms with van der Waals surface area (Å²) in [6.45, 7) is 9.05. The van der Waals surface area contributed by atoms with Gasteiger partial charge in [-0.15, -0.1) is 24.0 Å². The van der Waals surface area contributed by atoms with Gasteiger partial charge in [0.2, 0.25) is 0 Å². The summed E-state index contributed by atoms with van der Waals surface area (Å²) in [7, 11) is 3.53. The number of amides is 1. The standard InChI is InChI=1S/C25H36N4O2.HI/c1-6-26-25(28-17-22-11-7-8-13-23(22)31-18-19(2)3)27-15-14-20-10-9-12-21(16-20)24(30)29(4)5;/h7-13,16,19H,6,14-15,17-18H2,1-5H3,(H2,26,27,28);1H. The van der Waals surface area contributed by atoms with E-state index in [0.29, 0.717) is 24.6 Å². The highest BCUT2D eigenvalue weighted by molar-refractivity contribution is 14.0. The van der Waals surface area contributed by atoms with Crippen LogP contribution in [0.25, 0.3) is 0 Å². The molecule has 0 radical (unpaired) electrons. The van der Waals surface area contributed by atoms with Crippen molar-refractivity contribution in [1.29, 1.82) is 0 Å². The molecule has 2 aromatic carbocycles. The van der Waals surface area contributed by atoms with Gasteiger partial charge in [0.15, 0.2) is 5.96 Å². The number of para-hydroxylation sites is 1. The molecular formula is C25H37IN4O2. The van der Waals surface area contributed by atoms with E-state index >= 15 is 0 Å². The summed E-state index contributed by atoms with van der Waals surface area (Å²) in [5.74, 6) is 2.14. The van der Waals surface area contributed by atoms with E-state index in [1.807, 2.05) is 49.4 Å². The number of nitrogens with zero attached hydrogens (tertiary/aromatic N) is 2. The van der Waals surface area contributed by atoms with Crippen molar-refractivity contribution in [2.75, 3.05) is 33.8 Å². The van der Waals surface area contributed by atoms with Crippen molar-refractivity contribution in [3.63, 3.8) is 0 Å². The molecule has 6 nitrogen and oxygen atoms in total. The van der Waals surface area contributed by atoms with Crippen molar-refractivity contribution in [2.24, 2.45) is 10.9 Å². The molecule has 2 N–H and O–H groups in total. The Morgan fingerprint density at radius 3 is 2.53 bits per heavy atom. The molecule has 2 aromatic rings. The number of nitrogens with one attached hydrogen (secondary N) is 2. The number of hydrogen-bond acceptors (Lipinski definition) is 3. The van der Waals surface area contributed by atoms with E-state index < -0.39 is 0 Å². The molecule has 0 saturated carbocycles. The van der Waals surface area contributed by atoms with Gasteiger partial charge in [-0.1, -0.05) is 44.2 Å². The van der Waals surface area contributed by atoms with Crippen LogP contribution in [-0.2, 0) is 13.0 Å². The zero-order valence-corrected chi connectivity index (χ0v) is 22.2. The lowest BCUT2D eigenvalue weighted by Gasteiger charge is -2.14. The third-order valence-electron chi connectivity index (χ3n) is 4.58. The molecule has 0 fully saturated rings. The van der Waals surface area contributed by atoms with Crippen LogP contribution < -0.4 is 15.4 Å². The second kappa shape index (κ2) is 14.7. The van der Waals surface area contributed by atoms with Gasteiger partial charge in [-0.05, 0) is 43.0 Å². The fourth-order valence-electron chi connectivity index (χ4n) is 2.98. The number of carbonyl (C=O) groups is 1. The van der Waals surface area contributed by atoms with Gasteiger partial charge in [0.1, 0.15) is 5.75 Å². The lowest BCUT2D eigenvalue weighted by Crippen LogP contribution is -2.38. The Labute approximate surface area is 209 Å². The van der Waals surface area contributed by atoms with E-state index in [1.165, 1.54) is 0 Å². The summed E-state index contributed by atoms with van der Waals surface area (Å²) in [5, 5.41) is 6.67. The van der Waals surface area contributed by atoms with E-state index in [2.05, 4.69) is 30.5 Å². The molecule has 0 atom stereocenters. The van der Waals surface area contributed by atoms with Gasteiger partial charge in [-0.3, -0.25) is 4.79 Å². The average Bonchev–Trinajstić information content (AvgIpc) is 2.76. The third-order valence-corrected chi connectivity index (χ3v) is 4.58. The van der Waals surface area contributed by atoms with E-state index in [-0.39, 0.29) is 29.9 Å². The first-order chi connectivity index (χ1) is 14.9. The Morgan fingerprint density at radius 1 is 1.09 bits per heavy atom. The highest BCUT2D eigenvalue weighted by atomic mass is 127. The van der Waals surface area contributed by atoms with Crippen LogP contribution in [0, 0.1) is 5.92 Å². The maximum atomic E-state index is 12.2. The molecule has 32 heavy (non-hydrogen) atoms. The number of guanidine groups is 1. The molecule has 0 bridgehead atoms. The maximum Gasteiger partial charge on any atom is 0.253 e. The molecule has 0 aliphatic carbocycles. The quantitative estimate of drug-likeness (QED) is 0.262. The third kappa shape index (κ3) is 9.46. The number of benzene rings is 2. The van der Waals surface area contributed by atoms with Crippen LogP contribution in [0.2, 0.25) is 0 Å². The van der Waals surface area contributed by atoms with Crippen LogP contribution in [0.1, 0.15) is 42.3 Å². The number of halogens is 1. The first-order valence-electron chi connectivity index (χ1n) is 10.9. The normalized spacial score (nSPS) is 11.0. The van der Waals surface area contributed by atoms with Gasteiger partial charge >= 0.3 is 0 Å². The van der Waals surface area contributed by atoms with Gasteiger partial charge in [-0.25, -0.2) is 4.99 Å². The van der Waals surface area contributed by atoms with E-state index in [4.69, 9.17) is 9.73 Å². The summed E-state index contributed by atoms with van der Waals surface area (Å²) < 4.78 is 5.94. The molecule has 0 saturated heterocycles. The van der Waals surface area contributed by atoms with Gasteiger partial charge in [-0.2, -0.15) is 0 Å². The fourth-order valence-corrected chi connectivity index (χ4v) is 2.98. The summed E-state index contributed by atoms with van der Waals surface area (Å²) in [4.78, 5) is 18.5. The number of carbonyl (C=O) groups excluding carboxylic acids is 1. The Balaban J connectivity index is 0.00000512. The van der Waals surface area contributed by atoms with Crippen molar-refractivity contribution >= 4 is 35.8 Å². The van der Waals surface area contributed by atoms with Crippen molar-refractivity contribution < 1.29 is 9.53 Å². The molecule has 0 heterocycles. The van der Waals surface area contributed by atoms with Crippen molar-refractivity contribution in [3.8, 4) is 5.75 Å². The fraction of sp³-hybridized carbons (Fsp3) is 0.440. The zero-order chi connectivity index (χ0) is 22.6. The Kier molecular flexibility index (Phi) is 12.8. The Bertz CT molecular complexity index is 869. The summed E-state index contributed by atoms with van der Waals surface area (Å²) in [6.07, 6.45) is 0.799. The smallest absolute Gasteiger partial charge is 0.253 e. The Hall–Kier alpha value is -2.29. The van der Waals surface area contributed by atoms with Crippen LogP contribution >= 0.6 is 24.0 Å². The molecular weight excluding hydrogens is 515 g/mol. The minimum Gasteiger partial charge on any atom is -0.493 e. The van der Waals surface area contributed by atoms with Crippen LogP contribution in [0.4, 0.5) is 0 Å². The predicted molar refractivity (Wildman–Crippen MR) is 143 cm³/mol. The predicted octanol–water partition coefficient (Wildman–Crippen LogP) is 4.34. The minimum atomic E-state index is 0. The molecule has 0 aliphatic heterocycles. The lowest BCUT2D eigenvalue weighted by molar-refractivity contribution is 0.0827. The number of hydrogen-bond donors (Lipinski definition) is 2. The molecule has 176 valence electrons. The molecule has 0 spiro atoms. The monoisotopic (exact) mass is 552 g/mol. The lowest BCUT2D eigenvalue weighted by atomic mass is 10.1. The number of rotatable bonds is 10. The summed E-state index contributed by atoms with van der Waals surface area (Å²) in [5.41, 5.74) is 2.89. The van der Waals surface area contributed by atoms with E-state index in [1.54, 1.807) is 19.0 Å². The molecule has 0 aromatic heterocycles. The van der Waals surface area contributed by atoms with Crippen LogP contribution in [0.5, 0.6) is 5.75 Å². The highest BCUT2D eigenvalue weighted by Gasteiger charge is 2.08. The van der Waals surface area contributed by atoms with Gasteiger partial charge in [0.05, 0.1) is 13.2 Å². The summed E-state index contributed by atoms with van der Waals surface area (Å²) in [6, 6.07) is 15.8. The first-order valence-corrected chi connectivity index (χ1v) is 10.9. The van der Waals surface area contributed by atoms with Crippen LogP contribution in [0.15, 0.2) is 53.5 Å². The first kappa shape index (κ1) is 27.7. The number of aliphatic imine (C=N–C) groups is 1. The number of ether oxygens (including phenoxy) is 1. The van der Waals surface area contributed by atoms with Crippen LogP contribution in [0.3, 0.4) is 0 Å². The second-order valence-corrected chi connectivity index (χ2v) is 8.08. The molecule has 0 aliphatic rings. The minimum absolute atomic E-state index is 0. The van der Waals surface area contributed by atoms with Gasteiger partial charge in [0, 0.05) is 38.3 Å². The summed E-state index contributed by atoms with van der Waals surface area (Å²) >= 11 is 0. The van der Waals surface area contributed by atoms with E-state index in [9.17, 15) is 4.79 Å². The van der Waals surface area contributed by atoms with Crippen molar-refractivity contribution in [3.05, 3.63) is 65.2 Å².